The summed E-state index contributed by atoms with van der Waals surface area (Å²) in [7, 11) is 3.12. The highest BCUT2D eigenvalue weighted by molar-refractivity contribution is 7.14. The highest BCUT2D eigenvalue weighted by Crippen LogP contribution is 2.34. The first-order valence-electron chi connectivity index (χ1n) is 7.75. The van der Waals surface area contributed by atoms with E-state index in [0.717, 1.165) is 5.56 Å². The lowest BCUT2D eigenvalue weighted by molar-refractivity contribution is -0.384. The lowest BCUT2D eigenvalue weighted by Gasteiger charge is -2.08. The Morgan fingerprint density at radius 2 is 2.00 bits per heavy atom. The fourth-order valence-corrected chi connectivity index (χ4v) is 3.10. The lowest BCUT2D eigenvalue weighted by atomic mass is 10.1. The predicted molar refractivity (Wildman–Crippen MR) is 102 cm³/mol. The number of methoxy groups -OCH3 is 2. The summed E-state index contributed by atoms with van der Waals surface area (Å²) in [4.78, 5) is 27.0. The second-order valence-electron chi connectivity index (χ2n) is 5.37. The molecule has 0 radical (unpaired) electrons. The van der Waals surface area contributed by atoms with Gasteiger partial charge in [-0.3, -0.25) is 20.2 Å². The van der Waals surface area contributed by atoms with Crippen LogP contribution in [0.15, 0.2) is 47.8 Å². The Hall–Kier alpha value is -3.46. The zero-order valence-corrected chi connectivity index (χ0v) is 15.3. The number of hydrogen-bond acceptors (Lipinski definition) is 7. The van der Waals surface area contributed by atoms with E-state index in [1.807, 2.05) is 6.07 Å². The van der Waals surface area contributed by atoms with Gasteiger partial charge < -0.3 is 9.47 Å². The van der Waals surface area contributed by atoms with Crippen LogP contribution in [-0.4, -0.2) is 30.0 Å². The van der Waals surface area contributed by atoms with Gasteiger partial charge in [0.15, 0.2) is 5.13 Å². The number of carbonyl (C=O) groups excluding carboxylic acids is 1. The van der Waals surface area contributed by atoms with Crippen LogP contribution >= 0.6 is 11.3 Å². The van der Waals surface area contributed by atoms with Crippen molar-refractivity contribution in [1.29, 1.82) is 0 Å². The van der Waals surface area contributed by atoms with Crippen LogP contribution in [-0.2, 0) is 0 Å². The molecule has 3 aromatic rings. The molecule has 0 fully saturated rings. The third-order valence-electron chi connectivity index (χ3n) is 3.73. The average Bonchev–Trinajstić information content (AvgIpc) is 3.15. The maximum atomic E-state index is 12.3. The van der Waals surface area contributed by atoms with E-state index in [0.29, 0.717) is 22.3 Å². The minimum Gasteiger partial charge on any atom is -0.497 e. The molecule has 0 atom stereocenters. The van der Waals surface area contributed by atoms with E-state index >= 15 is 0 Å². The van der Waals surface area contributed by atoms with Gasteiger partial charge in [0.05, 0.1) is 24.8 Å². The molecule has 3 rings (SSSR count). The molecule has 2 aromatic carbocycles. The van der Waals surface area contributed by atoms with Gasteiger partial charge in [-0.05, 0) is 18.2 Å². The van der Waals surface area contributed by atoms with Crippen LogP contribution in [0.4, 0.5) is 10.8 Å². The van der Waals surface area contributed by atoms with Crippen molar-refractivity contribution >= 4 is 28.1 Å². The summed E-state index contributed by atoms with van der Waals surface area (Å²) in [5, 5.41) is 15.7. The van der Waals surface area contributed by atoms with E-state index in [1.54, 1.807) is 31.7 Å². The van der Waals surface area contributed by atoms with Crippen molar-refractivity contribution in [3.63, 3.8) is 0 Å². The summed E-state index contributed by atoms with van der Waals surface area (Å²) in [6.45, 7) is 0. The Morgan fingerprint density at radius 1 is 1.19 bits per heavy atom. The SMILES string of the molecule is COc1ccc(-c2csc(NC(=O)c3cccc([N+](=O)[O-])c3)n2)c(OC)c1. The molecule has 0 bridgehead atoms. The van der Waals surface area contributed by atoms with E-state index in [-0.39, 0.29) is 11.3 Å². The number of ether oxygens (including phenoxy) is 2. The number of thiazole rings is 1. The molecule has 1 amide bonds. The molecule has 0 aliphatic heterocycles. The van der Waals surface area contributed by atoms with Crippen molar-refractivity contribution in [2.24, 2.45) is 0 Å². The molecule has 0 aliphatic rings. The maximum absolute atomic E-state index is 12.3. The minimum absolute atomic E-state index is 0.148. The van der Waals surface area contributed by atoms with Gasteiger partial charge in [0.1, 0.15) is 11.5 Å². The Morgan fingerprint density at radius 3 is 2.70 bits per heavy atom. The fourth-order valence-electron chi connectivity index (χ4n) is 2.39. The van der Waals surface area contributed by atoms with Crippen molar-refractivity contribution in [3.8, 4) is 22.8 Å². The number of nitrogens with zero attached hydrogens (tertiary/aromatic N) is 2. The Labute approximate surface area is 158 Å². The zero-order valence-electron chi connectivity index (χ0n) is 14.5. The molecule has 8 nitrogen and oxygen atoms in total. The quantitative estimate of drug-likeness (QED) is 0.508. The summed E-state index contributed by atoms with van der Waals surface area (Å²) in [6.07, 6.45) is 0. The lowest BCUT2D eigenvalue weighted by Crippen LogP contribution is -2.11. The summed E-state index contributed by atoms with van der Waals surface area (Å²) in [6, 6.07) is 10.9. The highest BCUT2D eigenvalue weighted by atomic mass is 32.1. The van der Waals surface area contributed by atoms with Gasteiger partial charge >= 0.3 is 0 Å². The van der Waals surface area contributed by atoms with E-state index in [9.17, 15) is 14.9 Å². The first kappa shape index (κ1) is 18.3. The molecule has 27 heavy (non-hydrogen) atoms. The highest BCUT2D eigenvalue weighted by Gasteiger charge is 2.15. The van der Waals surface area contributed by atoms with Crippen molar-refractivity contribution in [1.82, 2.24) is 4.98 Å². The van der Waals surface area contributed by atoms with Crippen molar-refractivity contribution in [2.45, 2.75) is 0 Å². The number of nitro groups is 1. The van der Waals surface area contributed by atoms with Gasteiger partial charge in [-0.1, -0.05) is 6.07 Å². The van der Waals surface area contributed by atoms with E-state index in [2.05, 4.69) is 10.3 Å². The normalized spacial score (nSPS) is 10.3. The van der Waals surface area contributed by atoms with Gasteiger partial charge in [-0.2, -0.15) is 0 Å². The molecule has 0 spiro atoms. The molecule has 138 valence electrons. The van der Waals surface area contributed by atoms with Crippen LogP contribution in [0, 0.1) is 10.1 Å². The molecule has 9 heteroatoms. The Balaban J connectivity index is 1.81. The fraction of sp³-hybridized carbons (Fsp3) is 0.111. The number of nitrogens with one attached hydrogen (secondary N) is 1. The molecule has 1 aromatic heterocycles. The molecule has 1 N–H and O–H groups in total. The number of amides is 1. The number of carbonyl (C=O) groups is 1. The number of rotatable bonds is 6. The Kier molecular flexibility index (Phi) is 5.32. The van der Waals surface area contributed by atoms with Gasteiger partial charge in [0, 0.05) is 34.7 Å². The predicted octanol–water partition coefficient (Wildman–Crippen LogP) is 3.99. The number of hydrogen-bond donors (Lipinski definition) is 1. The van der Waals surface area contributed by atoms with E-state index in [4.69, 9.17) is 9.47 Å². The summed E-state index contributed by atoms with van der Waals surface area (Å²) < 4.78 is 10.5. The number of non-ortho nitro benzene ring substituents is 1. The molecular formula is C18H15N3O5S. The first-order valence-corrected chi connectivity index (χ1v) is 8.63. The van der Waals surface area contributed by atoms with Crippen molar-refractivity contribution in [3.05, 3.63) is 63.5 Å². The number of benzene rings is 2. The molecule has 0 saturated heterocycles. The Bertz CT molecular complexity index is 1000. The number of anilines is 1. The summed E-state index contributed by atoms with van der Waals surface area (Å²) in [5.74, 6) is 0.780. The second kappa shape index (κ2) is 7.83. The van der Waals surface area contributed by atoms with Gasteiger partial charge in [0.25, 0.3) is 11.6 Å². The van der Waals surface area contributed by atoms with Gasteiger partial charge in [-0.15, -0.1) is 11.3 Å². The van der Waals surface area contributed by atoms with Crippen LogP contribution in [0.3, 0.4) is 0 Å². The van der Waals surface area contributed by atoms with Crippen molar-refractivity contribution in [2.75, 3.05) is 19.5 Å². The topological polar surface area (TPSA) is 104 Å². The van der Waals surface area contributed by atoms with Crippen LogP contribution in [0.2, 0.25) is 0 Å². The maximum Gasteiger partial charge on any atom is 0.270 e. The third-order valence-corrected chi connectivity index (χ3v) is 4.49. The van der Waals surface area contributed by atoms with E-state index in [1.165, 1.54) is 35.6 Å². The van der Waals surface area contributed by atoms with Crippen LogP contribution < -0.4 is 14.8 Å². The van der Waals surface area contributed by atoms with Crippen LogP contribution in [0.25, 0.3) is 11.3 Å². The van der Waals surface area contributed by atoms with Gasteiger partial charge in [0.2, 0.25) is 0 Å². The molecule has 0 aliphatic carbocycles. The van der Waals surface area contributed by atoms with Crippen LogP contribution in [0.1, 0.15) is 10.4 Å². The molecule has 0 saturated carbocycles. The largest absolute Gasteiger partial charge is 0.497 e. The van der Waals surface area contributed by atoms with Crippen LogP contribution in [0.5, 0.6) is 11.5 Å². The average molecular weight is 385 g/mol. The molecule has 0 unspecified atom stereocenters. The zero-order chi connectivity index (χ0) is 19.4. The monoisotopic (exact) mass is 385 g/mol. The summed E-state index contributed by atoms with van der Waals surface area (Å²) >= 11 is 1.24. The smallest absolute Gasteiger partial charge is 0.270 e. The molecule has 1 heterocycles. The third kappa shape index (κ3) is 4.04. The second-order valence-corrected chi connectivity index (χ2v) is 6.22. The van der Waals surface area contributed by atoms with Gasteiger partial charge in [-0.25, -0.2) is 4.98 Å². The number of nitro benzene ring substituents is 1. The minimum atomic E-state index is -0.547. The van der Waals surface area contributed by atoms with E-state index < -0.39 is 10.8 Å². The first-order chi connectivity index (χ1) is 13.0. The standard InChI is InChI=1S/C18H15N3O5S/c1-25-13-6-7-14(16(9-13)26-2)15-10-27-18(19-15)20-17(22)11-4-3-5-12(8-11)21(23)24/h3-10H,1-2H3,(H,19,20,22). The summed E-state index contributed by atoms with van der Waals surface area (Å²) in [5.41, 5.74) is 1.42. The molecular weight excluding hydrogens is 370 g/mol. The number of aromatic nitrogens is 1. The van der Waals surface area contributed by atoms with Crippen molar-refractivity contribution < 1.29 is 19.2 Å².